The second-order valence-corrected chi connectivity index (χ2v) is 5.14. The summed E-state index contributed by atoms with van der Waals surface area (Å²) < 4.78 is 0.888. The lowest BCUT2D eigenvalue weighted by molar-refractivity contribution is 0.0778. The molecule has 0 aliphatic carbocycles. The number of carbonyl (C=O) groups is 1. The molecule has 3 N–H and O–H groups in total. The summed E-state index contributed by atoms with van der Waals surface area (Å²) in [6.07, 6.45) is 0.803. The van der Waals surface area contributed by atoms with Crippen LogP contribution in [0.2, 0.25) is 0 Å². The number of amidine groups is 1. The number of hydrogen-bond acceptors (Lipinski definition) is 3. The summed E-state index contributed by atoms with van der Waals surface area (Å²) in [5, 5.41) is 11.5. The summed E-state index contributed by atoms with van der Waals surface area (Å²) in [6, 6.07) is 5.44. The maximum Gasteiger partial charge on any atom is 0.254 e. The first-order valence-corrected chi connectivity index (χ1v) is 6.80. The zero-order chi connectivity index (χ0) is 14.4. The quantitative estimate of drug-likeness (QED) is 0.377. The van der Waals surface area contributed by atoms with E-state index in [4.69, 9.17) is 10.9 Å². The maximum absolute atomic E-state index is 12.4. The molecule has 0 aromatic heterocycles. The Hall–Kier alpha value is -1.56. The van der Waals surface area contributed by atoms with Gasteiger partial charge in [0.05, 0.1) is 6.54 Å². The van der Waals surface area contributed by atoms with Gasteiger partial charge >= 0.3 is 0 Å². The number of benzene rings is 1. The van der Waals surface area contributed by atoms with Gasteiger partial charge in [-0.1, -0.05) is 34.1 Å². The lowest BCUT2D eigenvalue weighted by Gasteiger charge is -2.21. The Balaban J connectivity index is 2.95. The van der Waals surface area contributed by atoms with Crippen molar-refractivity contribution in [3.63, 3.8) is 0 Å². The molecule has 0 bridgehead atoms. The lowest BCUT2D eigenvalue weighted by atomic mass is 10.1. The fourth-order valence-corrected chi connectivity index (χ4v) is 2.04. The van der Waals surface area contributed by atoms with Crippen molar-refractivity contribution in [3.05, 3.63) is 33.8 Å². The normalized spacial score (nSPS) is 11.4. The van der Waals surface area contributed by atoms with Crippen molar-refractivity contribution in [1.29, 1.82) is 0 Å². The van der Waals surface area contributed by atoms with Crippen LogP contribution in [0.15, 0.2) is 27.8 Å². The number of oxime groups is 1. The minimum atomic E-state index is -0.130. The van der Waals surface area contributed by atoms with Gasteiger partial charge in [0.2, 0.25) is 0 Å². The highest BCUT2D eigenvalue weighted by molar-refractivity contribution is 9.10. The van der Waals surface area contributed by atoms with Crippen LogP contribution < -0.4 is 5.73 Å². The van der Waals surface area contributed by atoms with Crippen LogP contribution in [0.1, 0.15) is 29.3 Å². The lowest BCUT2D eigenvalue weighted by Crippen LogP contribution is -2.39. The number of hydrogen-bond donors (Lipinski definition) is 2. The van der Waals surface area contributed by atoms with Crippen LogP contribution in [0.4, 0.5) is 0 Å². The Bertz CT molecular complexity index is 489. The van der Waals surface area contributed by atoms with Crippen LogP contribution >= 0.6 is 15.9 Å². The Morgan fingerprint density at radius 1 is 1.53 bits per heavy atom. The van der Waals surface area contributed by atoms with Crippen molar-refractivity contribution in [2.45, 2.75) is 20.3 Å². The smallest absolute Gasteiger partial charge is 0.254 e. The predicted octanol–water partition coefficient (Wildman–Crippen LogP) is 2.36. The largest absolute Gasteiger partial charge is 0.409 e. The molecule has 1 aromatic rings. The monoisotopic (exact) mass is 327 g/mol. The molecule has 5 nitrogen and oxygen atoms in total. The van der Waals surface area contributed by atoms with Crippen LogP contribution in [0, 0.1) is 6.92 Å². The second kappa shape index (κ2) is 7.13. The number of nitrogens with two attached hydrogens (primary N) is 1. The fourth-order valence-electron chi connectivity index (χ4n) is 1.66. The fraction of sp³-hybridized carbons (Fsp3) is 0.385. The number of carbonyl (C=O) groups excluding carboxylic acids is 1. The third kappa shape index (κ3) is 4.24. The van der Waals surface area contributed by atoms with E-state index in [-0.39, 0.29) is 18.3 Å². The van der Waals surface area contributed by atoms with Crippen molar-refractivity contribution in [3.8, 4) is 0 Å². The van der Waals surface area contributed by atoms with Crippen LogP contribution in [-0.2, 0) is 0 Å². The minimum absolute atomic E-state index is 0.0213. The molecule has 6 heteroatoms. The first-order chi connectivity index (χ1) is 8.99. The molecule has 0 saturated heterocycles. The van der Waals surface area contributed by atoms with E-state index in [0.717, 1.165) is 16.5 Å². The molecular weight excluding hydrogens is 310 g/mol. The Labute approximate surface area is 121 Å². The highest BCUT2D eigenvalue weighted by Gasteiger charge is 2.17. The number of rotatable bonds is 5. The SMILES string of the molecule is CCCN(C/C(N)=N/O)C(=O)c1ccc(C)c(Br)c1. The minimum Gasteiger partial charge on any atom is -0.409 e. The van der Waals surface area contributed by atoms with E-state index in [2.05, 4.69) is 21.1 Å². The van der Waals surface area contributed by atoms with Crippen molar-refractivity contribution in [2.24, 2.45) is 10.9 Å². The van der Waals surface area contributed by atoms with E-state index in [0.29, 0.717) is 12.1 Å². The van der Waals surface area contributed by atoms with E-state index >= 15 is 0 Å². The van der Waals surface area contributed by atoms with Gasteiger partial charge in [0, 0.05) is 16.6 Å². The molecule has 0 unspecified atom stereocenters. The van der Waals surface area contributed by atoms with Gasteiger partial charge in [-0.25, -0.2) is 0 Å². The van der Waals surface area contributed by atoms with Gasteiger partial charge in [-0.2, -0.15) is 0 Å². The van der Waals surface area contributed by atoms with Crippen molar-refractivity contribution in [1.82, 2.24) is 4.90 Å². The molecule has 1 amide bonds. The molecule has 0 spiro atoms. The molecule has 1 rings (SSSR count). The summed E-state index contributed by atoms with van der Waals surface area (Å²) in [6.45, 7) is 4.60. The van der Waals surface area contributed by atoms with Gasteiger partial charge in [-0.05, 0) is 31.0 Å². The number of nitrogens with zero attached hydrogens (tertiary/aromatic N) is 2. The summed E-state index contributed by atoms with van der Waals surface area (Å²) in [5.41, 5.74) is 7.12. The Kier molecular flexibility index (Phi) is 5.82. The van der Waals surface area contributed by atoms with E-state index in [1.807, 2.05) is 19.9 Å². The van der Waals surface area contributed by atoms with Crippen LogP contribution in [0.25, 0.3) is 0 Å². The summed E-state index contributed by atoms with van der Waals surface area (Å²) >= 11 is 3.41. The summed E-state index contributed by atoms with van der Waals surface area (Å²) in [5.74, 6) is -0.109. The van der Waals surface area contributed by atoms with Crippen LogP contribution in [0.5, 0.6) is 0 Å². The van der Waals surface area contributed by atoms with Gasteiger partial charge in [0.25, 0.3) is 5.91 Å². The zero-order valence-corrected chi connectivity index (χ0v) is 12.6. The molecule has 0 heterocycles. The van der Waals surface area contributed by atoms with E-state index in [1.165, 1.54) is 0 Å². The van der Waals surface area contributed by atoms with Gasteiger partial charge in [-0.3, -0.25) is 4.79 Å². The molecular formula is C13H18BrN3O2. The number of amides is 1. The van der Waals surface area contributed by atoms with Gasteiger partial charge < -0.3 is 15.8 Å². The molecule has 0 atom stereocenters. The number of halogens is 1. The van der Waals surface area contributed by atoms with Gasteiger partial charge in [0.1, 0.15) is 0 Å². The predicted molar refractivity (Wildman–Crippen MR) is 78.5 cm³/mol. The molecule has 104 valence electrons. The zero-order valence-electron chi connectivity index (χ0n) is 11.1. The maximum atomic E-state index is 12.4. The molecule has 0 fully saturated rings. The molecule has 0 aliphatic rings. The molecule has 19 heavy (non-hydrogen) atoms. The Morgan fingerprint density at radius 2 is 2.21 bits per heavy atom. The second-order valence-electron chi connectivity index (χ2n) is 4.28. The first-order valence-electron chi connectivity index (χ1n) is 6.01. The highest BCUT2D eigenvalue weighted by Crippen LogP contribution is 2.18. The van der Waals surface area contributed by atoms with Crippen LogP contribution in [0.3, 0.4) is 0 Å². The summed E-state index contributed by atoms with van der Waals surface area (Å²) in [7, 11) is 0. The first kappa shape index (κ1) is 15.5. The molecule has 0 radical (unpaired) electrons. The van der Waals surface area contributed by atoms with Crippen molar-refractivity contribution < 1.29 is 10.0 Å². The van der Waals surface area contributed by atoms with Gasteiger partial charge in [0.15, 0.2) is 5.84 Å². The average molecular weight is 328 g/mol. The van der Waals surface area contributed by atoms with Crippen molar-refractivity contribution in [2.75, 3.05) is 13.1 Å². The molecule has 0 saturated carbocycles. The standard InChI is InChI=1S/C13H18BrN3O2/c1-3-6-17(8-12(15)16-19)13(18)10-5-4-9(2)11(14)7-10/h4-5,7,19H,3,6,8H2,1-2H3,(H2,15,16). The Morgan fingerprint density at radius 3 is 2.74 bits per heavy atom. The average Bonchev–Trinajstić information content (AvgIpc) is 2.40. The van der Waals surface area contributed by atoms with Crippen LogP contribution in [-0.4, -0.2) is 34.9 Å². The van der Waals surface area contributed by atoms with E-state index in [9.17, 15) is 4.79 Å². The topological polar surface area (TPSA) is 78.9 Å². The van der Waals surface area contributed by atoms with Crippen molar-refractivity contribution >= 4 is 27.7 Å². The van der Waals surface area contributed by atoms with Gasteiger partial charge in [-0.15, -0.1) is 0 Å². The van der Waals surface area contributed by atoms with E-state index in [1.54, 1.807) is 17.0 Å². The molecule has 0 aliphatic heterocycles. The van der Waals surface area contributed by atoms with E-state index < -0.39 is 0 Å². The third-order valence-corrected chi connectivity index (χ3v) is 3.54. The third-order valence-electron chi connectivity index (χ3n) is 2.68. The number of aryl methyl sites for hydroxylation is 1. The summed E-state index contributed by atoms with van der Waals surface area (Å²) in [4.78, 5) is 13.9. The molecule has 1 aromatic carbocycles. The highest BCUT2D eigenvalue weighted by atomic mass is 79.9.